The summed E-state index contributed by atoms with van der Waals surface area (Å²) in [5.41, 5.74) is 0.817. The van der Waals surface area contributed by atoms with Crippen LogP contribution in [-0.4, -0.2) is 40.6 Å². The third-order valence-electron chi connectivity index (χ3n) is 3.72. The minimum atomic E-state index is -0.466. The lowest BCUT2D eigenvalue weighted by atomic mass is 10.3. The zero-order valence-electron chi connectivity index (χ0n) is 14.1. The van der Waals surface area contributed by atoms with Gasteiger partial charge in [0.25, 0.3) is 11.5 Å². The van der Waals surface area contributed by atoms with Crippen molar-refractivity contribution < 1.29 is 9.32 Å². The Morgan fingerprint density at radius 2 is 2.12 bits per heavy atom. The molecule has 1 amide bonds. The molecule has 11 heteroatoms. The van der Waals surface area contributed by atoms with Gasteiger partial charge in [0, 0.05) is 19.2 Å². The highest BCUT2D eigenvalue weighted by molar-refractivity contribution is 6.02. The van der Waals surface area contributed by atoms with Gasteiger partial charge in [-0.1, -0.05) is 5.16 Å². The number of nitrogens with one attached hydrogen (secondary N) is 2. The van der Waals surface area contributed by atoms with Gasteiger partial charge < -0.3 is 9.84 Å². The summed E-state index contributed by atoms with van der Waals surface area (Å²) in [4.78, 5) is 31.6. The van der Waals surface area contributed by atoms with E-state index >= 15 is 0 Å². The Morgan fingerprint density at radius 3 is 2.85 bits per heavy atom. The Labute approximate surface area is 145 Å². The molecule has 0 aromatic carbocycles. The van der Waals surface area contributed by atoms with Gasteiger partial charge in [0.05, 0.1) is 11.9 Å². The van der Waals surface area contributed by atoms with Gasteiger partial charge in [0.2, 0.25) is 5.95 Å². The van der Waals surface area contributed by atoms with E-state index in [9.17, 15) is 9.59 Å². The summed E-state index contributed by atoms with van der Waals surface area (Å²) < 4.78 is 7.74. The first-order valence-electron chi connectivity index (χ1n) is 7.66. The number of hydrogen-bond donors (Lipinski definition) is 2. The average Bonchev–Trinajstić information content (AvgIpc) is 3.28. The fourth-order valence-electron chi connectivity index (χ4n) is 2.53. The number of amides is 1. The van der Waals surface area contributed by atoms with Gasteiger partial charge >= 0.3 is 0 Å². The minimum absolute atomic E-state index is 0.136. The second-order valence-corrected chi connectivity index (χ2v) is 5.75. The lowest BCUT2D eigenvalue weighted by Gasteiger charge is -2.07. The largest absolute Gasteiger partial charge is 0.361 e. The minimum Gasteiger partial charge on any atom is -0.361 e. The molecule has 132 valence electrons. The van der Waals surface area contributed by atoms with E-state index in [1.54, 1.807) is 27.0 Å². The quantitative estimate of drug-likeness (QED) is 0.552. The highest BCUT2D eigenvalue weighted by Gasteiger charge is 2.17. The number of fused-ring (bicyclic) bond motifs is 1. The average molecular weight is 354 g/mol. The molecule has 4 aromatic rings. The summed E-state index contributed by atoms with van der Waals surface area (Å²) in [6.45, 7) is 3.45. The maximum Gasteiger partial charge on any atom is 0.279 e. The number of carbonyl (C=O) groups excluding carboxylic acids is 1. The first kappa shape index (κ1) is 15.7. The fourth-order valence-corrected chi connectivity index (χ4v) is 2.53. The maximum atomic E-state index is 12.3. The van der Waals surface area contributed by atoms with E-state index in [2.05, 4.69) is 30.6 Å². The molecule has 0 atom stereocenters. The van der Waals surface area contributed by atoms with Crippen LogP contribution in [0.2, 0.25) is 0 Å². The zero-order chi connectivity index (χ0) is 18.4. The molecule has 0 aliphatic rings. The summed E-state index contributed by atoms with van der Waals surface area (Å²) >= 11 is 0. The molecular weight excluding hydrogens is 340 g/mol. The fraction of sp³-hybridized carbons (Fsp3) is 0.200. The Hall–Kier alpha value is -3.76. The number of anilines is 1. The molecular formula is C15H14N8O3. The van der Waals surface area contributed by atoms with E-state index < -0.39 is 5.91 Å². The van der Waals surface area contributed by atoms with Crippen molar-refractivity contribution in [2.24, 2.45) is 7.05 Å². The predicted octanol–water partition coefficient (Wildman–Crippen LogP) is 0.699. The standard InChI is InChI=1S/C15H14N8O3/c1-7-4-11(17-14(25)10-5-8(2)26-21-10)23(20-7)15-18-12-9(13(24)19-15)6-16-22(12)3/h4-6H,1-3H3,(H,17,25)(H,18,19,24). The lowest BCUT2D eigenvalue weighted by Crippen LogP contribution is -2.19. The van der Waals surface area contributed by atoms with Crippen LogP contribution in [0.3, 0.4) is 0 Å². The summed E-state index contributed by atoms with van der Waals surface area (Å²) in [6.07, 6.45) is 1.44. The van der Waals surface area contributed by atoms with E-state index in [0.717, 1.165) is 0 Å². The van der Waals surface area contributed by atoms with Crippen molar-refractivity contribution in [1.82, 2.24) is 34.7 Å². The molecule has 4 heterocycles. The number of hydrogen-bond acceptors (Lipinski definition) is 7. The molecule has 4 aromatic heterocycles. The van der Waals surface area contributed by atoms with Crippen molar-refractivity contribution in [3.63, 3.8) is 0 Å². The van der Waals surface area contributed by atoms with Crippen LogP contribution >= 0.6 is 0 Å². The van der Waals surface area contributed by atoms with Gasteiger partial charge in [0.1, 0.15) is 17.0 Å². The summed E-state index contributed by atoms with van der Waals surface area (Å²) in [6, 6.07) is 3.17. The Balaban J connectivity index is 1.77. The summed E-state index contributed by atoms with van der Waals surface area (Å²) in [5.74, 6) is 0.545. The van der Waals surface area contributed by atoms with Crippen molar-refractivity contribution in [2.75, 3.05) is 5.32 Å². The van der Waals surface area contributed by atoms with Gasteiger partial charge in [0.15, 0.2) is 11.3 Å². The van der Waals surface area contributed by atoms with E-state index in [4.69, 9.17) is 4.52 Å². The Kier molecular flexibility index (Phi) is 3.42. The molecule has 0 fully saturated rings. The van der Waals surface area contributed by atoms with Crippen LogP contribution in [0.25, 0.3) is 17.0 Å². The number of rotatable bonds is 3. The monoisotopic (exact) mass is 354 g/mol. The molecule has 11 nitrogen and oxygen atoms in total. The first-order valence-corrected chi connectivity index (χ1v) is 7.66. The van der Waals surface area contributed by atoms with Gasteiger partial charge in [-0.05, 0) is 13.8 Å². The lowest BCUT2D eigenvalue weighted by molar-refractivity contribution is 0.101. The van der Waals surface area contributed by atoms with Crippen LogP contribution in [0, 0.1) is 13.8 Å². The molecule has 0 aliphatic carbocycles. The first-order chi connectivity index (χ1) is 12.4. The number of aryl methyl sites for hydroxylation is 3. The molecule has 0 aliphatic heterocycles. The van der Waals surface area contributed by atoms with Crippen molar-refractivity contribution in [2.45, 2.75) is 13.8 Å². The van der Waals surface area contributed by atoms with E-state index in [0.29, 0.717) is 28.3 Å². The maximum absolute atomic E-state index is 12.3. The molecule has 26 heavy (non-hydrogen) atoms. The van der Waals surface area contributed by atoms with Crippen LogP contribution in [-0.2, 0) is 7.05 Å². The molecule has 0 radical (unpaired) electrons. The van der Waals surface area contributed by atoms with Crippen molar-refractivity contribution in [3.8, 4) is 5.95 Å². The number of nitrogens with zero attached hydrogens (tertiary/aromatic N) is 6. The molecule has 0 saturated heterocycles. The molecule has 0 spiro atoms. The highest BCUT2D eigenvalue weighted by atomic mass is 16.5. The van der Waals surface area contributed by atoms with Crippen molar-refractivity contribution in [1.29, 1.82) is 0 Å². The SMILES string of the molecule is Cc1cc(NC(=O)c2cc(C)on2)n(-c2nc3c(cnn3C)c(=O)[nH]2)n1. The molecule has 0 saturated carbocycles. The summed E-state index contributed by atoms with van der Waals surface area (Å²) in [7, 11) is 1.68. The third kappa shape index (κ3) is 2.55. The van der Waals surface area contributed by atoms with Crippen LogP contribution in [0.15, 0.2) is 27.6 Å². The number of aromatic nitrogens is 7. The molecule has 2 N–H and O–H groups in total. The zero-order valence-corrected chi connectivity index (χ0v) is 14.1. The second-order valence-electron chi connectivity index (χ2n) is 5.75. The summed E-state index contributed by atoms with van der Waals surface area (Å²) in [5, 5.41) is 15.0. The van der Waals surface area contributed by atoms with Crippen LogP contribution < -0.4 is 10.9 Å². The topological polar surface area (TPSA) is 137 Å². The van der Waals surface area contributed by atoms with Gasteiger partial charge in [-0.15, -0.1) is 0 Å². The third-order valence-corrected chi connectivity index (χ3v) is 3.72. The normalized spacial score (nSPS) is 11.2. The number of H-pyrrole nitrogens is 1. The van der Waals surface area contributed by atoms with E-state index in [1.165, 1.54) is 21.6 Å². The second kappa shape index (κ2) is 5.65. The van der Waals surface area contributed by atoms with Crippen LogP contribution in [0.5, 0.6) is 0 Å². The smallest absolute Gasteiger partial charge is 0.279 e. The Bertz CT molecular complexity index is 1200. The molecule has 0 unspecified atom stereocenters. The van der Waals surface area contributed by atoms with E-state index in [-0.39, 0.29) is 17.2 Å². The highest BCUT2D eigenvalue weighted by Crippen LogP contribution is 2.16. The van der Waals surface area contributed by atoms with Crippen molar-refractivity contribution >= 4 is 22.8 Å². The van der Waals surface area contributed by atoms with Crippen LogP contribution in [0.1, 0.15) is 21.9 Å². The van der Waals surface area contributed by atoms with Gasteiger partial charge in [-0.2, -0.15) is 19.9 Å². The molecule has 0 bridgehead atoms. The number of aromatic amines is 1. The van der Waals surface area contributed by atoms with Crippen LogP contribution in [0.4, 0.5) is 5.82 Å². The Morgan fingerprint density at radius 1 is 1.31 bits per heavy atom. The van der Waals surface area contributed by atoms with Crippen molar-refractivity contribution in [3.05, 3.63) is 45.8 Å². The number of carbonyl (C=O) groups is 1. The molecule has 4 rings (SSSR count). The van der Waals surface area contributed by atoms with Gasteiger partial charge in [-0.3, -0.25) is 19.3 Å². The predicted molar refractivity (Wildman–Crippen MR) is 90.2 cm³/mol. The van der Waals surface area contributed by atoms with E-state index in [1.807, 2.05) is 0 Å². The van der Waals surface area contributed by atoms with Gasteiger partial charge in [-0.25, -0.2) is 0 Å².